The predicted molar refractivity (Wildman–Crippen MR) is 118 cm³/mol. The molecule has 33 heavy (non-hydrogen) atoms. The molecule has 8 heteroatoms. The molecule has 2 aromatic carbocycles. The largest absolute Gasteiger partial charge is 0.488 e. The number of carbonyl (C=O) groups excluding carboxylic acids is 3. The van der Waals surface area contributed by atoms with Gasteiger partial charge in [0.05, 0.1) is 29.0 Å². The highest BCUT2D eigenvalue weighted by Crippen LogP contribution is 2.24. The van der Waals surface area contributed by atoms with Crippen LogP contribution in [0, 0.1) is 13.8 Å². The average Bonchev–Trinajstić information content (AvgIpc) is 3.28. The lowest BCUT2D eigenvalue weighted by molar-refractivity contribution is 0.0480. The SMILES string of the molecule is Cc1noc(C)c1COc1ccccc1C(=O)OCCCCN1C(=O)c2ccccc2C1=O. The maximum Gasteiger partial charge on any atom is 0.341 e. The number of benzene rings is 2. The summed E-state index contributed by atoms with van der Waals surface area (Å²) in [6.45, 7) is 4.31. The number of amides is 2. The van der Waals surface area contributed by atoms with E-state index in [0.29, 0.717) is 41.0 Å². The molecule has 0 saturated heterocycles. The molecule has 0 saturated carbocycles. The van der Waals surface area contributed by atoms with Gasteiger partial charge in [0.25, 0.3) is 11.8 Å². The Hall–Kier alpha value is -3.94. The van der Waals surface area contributed by atoms with E-state index in [4.69, 9.17) is 14.0 Å². The number of aryl methyl sites for hydroxylation is 2. The van der Waals surface area contributed by atoms with E-state index < -0.39 is 5.97 Å². The topological polar surface area (TPSA) is 98.9 Å². The van der Waals surface area contributed by atoms with Gasteiger partial charge in [-0.15, -0.1) is 0 Å². The van der Waals surface area contributed by atoms with Crippen molar-refractivity contribution in [2.45, 2.75) is 33.3 Å². The third-order valence-electron chi connectivity index (χ3n) is 5.55. The fourth-order valence-electron chi connectivity index (χ4n) is 3.68. The number of hydrogen-bond donors (Lipinski definition) is 0. The molecule has 1 aliphatic heterocycles. The van der Waals surface area contributed by atoms with Gasteiger partial charge in [0, 0.05) is 6.54 Å². The first-order valence-corrected chi connectivity index (χ1v) is 10.7. The van der Waals surface area contributed by atoms with Crippen LogP contribution in [-0.4, -0.2) is 41.0 Å². The number of aromatic nitrogens is 1. The van der Waals surface area contributed by atoms with Crippen LogP contribution in [0.2, 0.25) is 0 Å². The minimum Gasteiger partial charge on any atom is -0.488 e. The summed E-state index contributed by atoms with van der Waals surface area (Å²) in [5.74, 6) is 0.0261. The van der Waals surface area contributed by atoms with E-state index in [1.54, 1.807) is 55.5 Å². The van der Waals surface area contributed by atoms with Gasteiger partial charge in [0.1, 0.15) is 23.7 Å². The zero-order valence-electron chi connectivity index (χ0n) is 18.5. The molecule has 0 radical (unpaired) electrons. The molecule has 0 atom stereocenters. The number of esters is 1. The molecule has 1 aliphatic rings. The molecular weight excluding hydrogens is 424 g/mol. The normalized spacial score (nSPS) is 12.7. The van der Waals surface area contributed by atoms with Gasteiger partial charge in [-0.1, -0.05) is 29.4 Å². The van der Waals surface area contributed by atoms with Crippen molar-refractivity contribution in [1.29, 1.82) is 0 Å². The van der Waals surface area contributed by atoms with Gasteiger partial charge in [-0.3, -0.25) is 14.5 Å². The van der Waals surface area contributed by atoms with Crippen molar-refractivity contribution in [3.8, 4) is 5.75 Å². The Morgan fingerprint density at radius 3 is 2.30 bits per heavy atom. The van der Waals surface area contributed by atoms with E-state index in [2.05, 4.69) is 5.16 Å². The van der Waals surface area contributed by atoms with Crippen LogP contribution in [0.5, 0.6) is 5.75 Å². The summed E-state index contributed by atoms with van der Waals surface area (Å²) in [5.41, 5.74) is 2.77. The average molecular weight is 448 g/mol. The summed E-state index contributed by atoms with van der Waals surface area (Å²) in [7, 11) is 0. The van der Waals surface area contributed by atoms with Crippen LogP contribution >= 0.6 is 0 Å². The van der Waals surface area contributed by atoms with E-state index in [-0.39, 0.29) is 31.6 Å². The van der Waals surface area contributed by atoms with Gasteiger partial charge >= 0.3 is 5.97 Å². The molecule has 170 valence electrons. The van der Waals surface area contributed by atoms with Crippen molar-refractivity contribution in [2.24, 2.45) is 0 Å². The number of ether oxygens (including phenoxy) is 2. The zero-order chi connectivity index (χ0) is 23.4. The maximum absolute atomic E-state index is 12.6. The quantitative estimate of drug-likeness (QED) is 0.276. The molecule has 0 N–H and O–H groups in total. The molecule has 0 bridgehead atoms. The van der Waals surface area contributed by atoms with E-state index in [0.717, 1.165) is 11.3 Å². The van der Waals surface area contributed by atoms with Gasteiger partial charge in [0.2, 0.25) is 0 Å². The van der Waals surface area contributed by atoms with Gasteiger partial charge in [-0.25, -0.2) is 4.79 Å². The number of fused-ring (bicyclic) bond motifs is 1. The number of carbonyl (C=O) groups is 3. The van der Waals surface area contributed by atoms with Crippen molar-refractivity contribution >= 4 is 17.8 Å². The third-order valence-corrected chi connectivity index (χ3v) is 5.55. The molecule has 0 fully saturated rings. The molecule has 8 nitrogen and oxygen atoms in total. The van der Waals surface area contributed by atoms with Crippen molar-refractivity contribution in [3.05, 3.63) is 82.2 Å². The zero-order valence-corrected chi connectivity index (χ0v) is 18.5. The Balaban J connectivity index is 1.26. The summed E-state index contributed by atoms with van der Waals surface area (Å²) >= 11 is 0. The van der Waals surface area contributed by atoms with E-state index in [1.165, 1.54) is 4.90 Å². The highest BCUT2D eigenvalue weighted by Gasteiger charge is 2.34. The van der Waals surface area contributed by atoms with Crippen LogP contribution in [0.3, 0.4) is 0 Å². The van der Waals surface area contributed by atoms with Gasteiger partial charge < -0.3 is 14.0 Å². The van der Waals surface area contributed by atoms with Gasteiger partial charge in [-0.2, -0.15) is 0 Å². The van der Waals surface area contributed by atoms with Crippen LogP contribution in [0.1, 0.15) is 60.9 Å². The number of nitrogens with zero attached hydrogens (tertiary/aromatic N) is 2. The lowest BCUT2D eigenvalue weighted by Crippen LogP contribution is -2.30. The van der Waals surface area contributed by atoms with Crippen LogP contribution in [0.15, 0.2) is 53.1 Å². The monoisotopic (exact) mass is 448 g/mol. The fourth-order valence-corrected chi connectivity index (χ4v) is 3.68. The summed E-state index contributed by atoms with van der Waals surface area (Å²) in [5, 5.41) is 3.90. The highest BCUT2D eigenvalue weighted by molar-refractivity contribution is 6.21. The first kappa shape index (κ1) is 22.3. The summed E-state index contributed by atoms with van der Waals surface area (Å²) in [6, 6.07) is 13.7. The minimum absolute atomic E-state index is 0.167. The first-order valence-electron chi connectivity index (χ1n) is 10.7. The second-order valence-corrected chi connectivity index (χ2v) is 7.74. The second-order valence-electron chi connectivity index (χ2n) is 7.74. The summed E-state index contributed by atoms with van der Waals surface area (Å²) in [4.78, 5) is 38.6. The number of para-hydroxylation sites is 1. The Kier molecular flexibility index (Phi) is 6.53. The number of unbranched alkanes of at least 4 members (excludes halogenated alkanes) is 1. The Morgan fingerprint density at radius 2 is 1.64 bits per heavy atom. The third kappa shape index (κ3) is 4.64. The van der Waals surface area contributed by atoms with Gasteiger partial charge in [-0.05, 0) is 51.0 Å². The van der Waals surface area contributed by atoms with Crippen LogP contribution in [0.25, 0.3) is 0 Å². The number of imide groups is 1. The highest BCUT2D eigenvalue weighted by atomic mass is 16.5. The van der Waals surface area contributed by atoms with Crippen molar-refractivity contribution in [2.75, 3.05) is 13.2 Å². The molecule has 0 unspecified atom stereocenters. The van der Waals surface area contributed by atoms with Crippen LogP contribution < -0.4 is 4.74 Å². The van der Waals surface area contributed by atoms with Crippen molar-refractivity contribution in [3.63, 3.8) is 0 Å². The number of rotatable bonds is 9. The van der Waals surface area contributed by atoms with Crippen LogP contribution in [0.4, 0.5) is 0 Å². The predicted octanol–water partition coefficient (Wildman–Crippen LogP) is 4.10. The lowest BCUT2D eigenvalue weighted by Gasteiger charge is -2.14. The fraction of sp³-hybridized carbons (Fsp3) is 0.280. The molecule has 4 rings (SSSR count). The Bertz CT molecular complexity index is 1140. The maximum atomic E-state index is 12.6. The van der Waals surface area contributed by atoms with Crippen molar-refractivity contribution in [1.82, 2.24) is 10.1 Å². The van der Waals surface area contributed by atoms with Crippen LogP contribution in [-0.2, 0) is 11.3 Å². The minimum atomic E-state index is -0.495. The molecule has 1 aromatic heterocycles. The standard InChI is InChI=1S/C25H24N2O6/c1-16-21(17(2)33-26-16)15-32-22-12-6-5-11-20(22)25(30)31-14-8-7-13-27-23(28)18-9-3-4-10-19(18)24(27)29/h3-6,9-12H,7-8,13-15H2,1-2H3. The summed E-state index contributed by atoms with van der Waals surface area (Å²) in [6.07, 6.45) is 1.05. The lowest BCUT2D eigenvalue weighted by atomic mass is 10.1. The smallest absolute Gasteiger partial charge is 0.341 e. The Morgan fingerprint density at radius 1 is 0.970 bits per heavy atom. The molecule has 3 aromatic rings. The second kappa shape index (κ2) is 9.68. The molecule has 2 amide bonds. The van der Waals surface area contributed by atoms with E-state index in [9.17, 15) is 14.4 Å². The number of hydrogen-bond acceptors (Lipinski definition) is 7. The molecular formula is C25H24N2O6. The van der Waals surface area contributed by atoms with E-state index in [1.807, 2.05) is 6.92 Å². The van der Waals surface area contributed by atoms with Gasteiger partial charge in [0.15, 0.2) is 0 Å². The molecule has 0 spiro atoms. The Labute approximate surface area is 191 Å². The first-order chi connectivity index (χ1) is 16.0. The van der Waals surface area contributed by atoms with E-state index >= 15 is 0 Å². The molecule has 2 heterocycles. The summed E-state index contributed by atoms with van der Waals surface area (Å²) < 4.78 is 16.4. The van der Waals surface area contributed by atoms with Crippen molar-refractivity contribution < 1.29 is 28.4 Å². The molecule has 0 aliphatic carbocycles.